The predicted molar refractivity (Wildman–Crippen MR) is 73.5 cm³/mol. The zero-order valence-electron chi connectivity index (χ0n) is 9.95. The molecule has 2 heterocycles. The molecule has 0 amide bonds. The molecule has 0 unspecified atom stereocenters. The fraction of sp³-hybridized carbons (Fsp3) is 0.0769. The number of imidazole rings is 1. The number of pyridine rings is 1. The third-order valence-electron chi connectivity index (χ3n) is 2.78. The van der Waals surface area contributed by atoms with Gasteiger partial charge in [-0.1, -0.05) is 0 Å². The van der Waals surface area contributed by atoms with Crippen LogP contribution in [-0.2, 0) is 0 Å². The van der Waals surface area contributed by atoms with E-state index in [9.17, 15) is 4.39 Å². The van der Waals surface area contributed by atoms with Crippen LogP contribution in [0.5, 0.6) is 5.75 Å². The maximum absolute atomic E-state index is 13.5. The summed E-state index contributed by atoms with van der Waals surface area (Å²) in [6, 6.07) is 4.84. The highest BCUT2D eigenvalue weighted by Crippen LogP contribution is 2.29. The lowest BCUT2D eigenvalue weighted by Gasteiger charge is -2.03. The Morgan fingerprint density at radius 1 is 1.37 bits per heavy atom. The number of ether oxygens (including phenoxy) is 1. The van der Waals surface area contributed by atoms with Gasteiger partial charge in [-0.3, -0.25) is 4.98 Å². The van der Waals surface area contributed by atoms with E-state index in [0.29, 0.717) is 27.1 Å². The van der Waals surface area contributed by atoms with Gasteiger partial charge in [0.2, 0.25) is 0 Å². The SMILES string of the molecule is COc1cnccc1-c1nc2cc(Br)c(F)cc2[nH]1. The fourth-order valence-corrected chi connectivity index (χ4v) is 2.20. The number of hydrogen-bond donors (Lipinski definition) is 1. The number of halogens is 2. The Morgan fingerprint density at radius 3 is 3.00 bits per heavy atom. The minimum Gasteiger partial charge on any atom is -0.494 e. The van der Waals surface area contributed by atoms with E-state index in [1.807, 2.05) is 0 Å². The van der Waals surface area contributed by atoms with Crippen LogP contribution >= 0.6 is 15.9 Å². The van der Waals surface area contributed by atoms with Crippen LogP contribution in [0.15, 0.2) is 35.1 Å². The molecule has 0 saturated carbocycles. The van der Waals surface area contributed by atoms with Gasteiger partial charge in [-0.15, -0.1) is 0 Å². The third-order valence-corrected chi connectivity index (χ3v) is 3.39. The summed E-state index contributed by atoms with van der Waals surface area (Å²) in [5.74, 6) is 0.900. The molecule has 0 bridgehead atoms. The molecule has 2 aromatic heterocycles. The van der Waals surface area contributed by atoms with Crippen molar-refractivity contribution in [3.05, 3.63) is 40.9 Å². The number of benzene rings is 1. The van der Waals surface area contributed by atoms with Crippen LogP contribution in [0.3, 0.4) is 0 Å². The summed E-state index contributed by atoms with van der Waals surface area (Å²) in [6.45, 7) is 0. The van der Waals surface area contributed by atoms with E-state index in [1.54, 1.807) is 31.6 Å². The molecule has 0 fully saturated rings. The predicted octanol–water partition coefficient (Wildman–Crippen LogP) is 3.54. The first-order valence-electron chi connectivity index (χ1n) is 5.52. The van der Waals surface area contributed by atoms with Gasteiger partial charge in [0.1, 0.15) is 17.4 Å². The Labute approximate surface area is 116 Å². The van der Waals surface area contributed by atoms with Crippen molar-refractivity contribution >= 4 is 27.0 Å². The van der Waals surface area contributed by atoms with Gasteiger partial charge in [-0.2, -0.15) is 0 Å². The smallest absolute Gasteiger partial charge is 0.148 e. The highest BCUT2D eigenvalue weighted by atomic mass is 79.9. The second-order valence-electron chi connectivity index (χ2n) is 3.94. The second kappa shape index (κ2) is 4.62. The third kappa shape index (κ3) is 2.08. The summed E-state index contributed by atoms with van der Waals surface area (Å²) in [5, 5.41) is 0. The zero-order valence-corrected chi connectivity index (χ0v) is 11.5. The zero-order chi connectivity index (χ0) is 13.4. The van der Waals surface area contributed by atoms with Crippen LogP contribution in [0.4, 0.5) is 4.39 Å². The first kappa shape index (κ1) is 12.1. The van der Waals surface area contributed by atoms with Gasteiger partial charge in [-0.05, 0) is 28.1 Å². The van der Waals surface area contributed by atoms with Gasteiger partial charge in [-0.25, -0.2) is 9.37 Å². The number of aromatic amines is 1. The van der Waals surface area contributed by atoms with Crippen molar-refractivity contribution in [3.8, 4) is 17.1 Å². The lowest BCUT2D eigenvalue weighted by Crippen LogP contribution is -1.89. The molecule has 0 aliphatic carbocycles. The fourth-order valence-electron chi connectivity index (χ4n) is 1.87. The van der Waals surface area contributed by atoms with Crippen molar-refractivity contribution in [2.45, 2.75) is 0 Å². The maximum atomic E-state index is 13.5. The first-order chi connectivity index (χ1) is 9.19. The van der Waals surface area contributed by atoms with E-state index in [1.165, 1.54) is 6.07 Å². The summed E-state index contributed by atoms with van der Waals surface area (Å²) >= 11 is 3.15. The molecule has 0 radical (unpaired) electrons. The molecule has 6 heteroatoms. The van der Waals surface area contributed by atoms with Crippen LogP contribution in [0, 0.1) is 5.82 Å². The summed E-state index contributed by atoms with van der Waals surface area (Å²) < 4.78 is 19.1. The van der Waals surface area contributed by atoms with Crippen molar-refractivity contribution in [2.75, 3.05) is 7.11 Å². The molecule has 0 atom stereocenters. The molecule has 4 nitrogen and oxygen atoms in total. The lowest BCUT2D eigenvalue weighted by molar-refractivity contribution is 0.414. The van der Waals surface area contributed by atoms with Crippen LogP contribution < -0.4 is 4.74 Å². The Kier molecular flexibility index (Phi) is 2.94. The standard InChI is InChI=1S/C13H9BrFN3O/c1-19-12-6-16-3-2-7(12)13-17-10-4-8(14)9(15)5-11(10)18-13/h2-6H,1H3,(H,17,18). The van der Waals surface area contributed by atoms with Crippen LogP contribution in [0.1, 0.15) is 0 Å². The van der Waals surface area contributed by atoms with Crippen LogP contribution in [0.2, 0.25) is 0 Å². The number of nitrogens with one attached hydrogen (secondary N) is 1. The number of rotatable bonds is 2. The minimum absolute atomic E-state index is 0.329. The molecular weight excluding hydrogens is 313 g/mol. The van der Waals surface area contributed by atoms with E-state index < -0.39 is 0 Å². The Balaban J connectivity index is 2.20. The van der Waals surface area contributed by atoms with E-state index in [-0.39, 0.29) is 5.82 Å². The first-order valence-corrected chi connectivity index (χ1v) is 6.31. The summed E-state index contributed by atoms with van der Waals surface area (Å²) in [7, 11) is 1.57. The highest BCUT2D eigenvalue weighted by Gasteiger charge is 2.12. The van der Waals surface area contributed by atoms with Crippen molar-refractivity contribution in [3.63, 3.8) is 0 Å². The molecule has 1 aromatic carbocycles. The van der Waals surface area contributed by atoms with Crippen molar-refractivity contribution in [1.82, 2.24) is 15.0 Å². The summed E-state index contributed by atoms with van der Waals surface area (Å²) in [6.07, 6.45) is 3.26. The molecule has 3 aromatic rings. The molecule has 0 spiro atoms. The van der Waals surface area contributed by atoms with Gasteiger partial charge >= 0.3 is 0 Å². The highest BCUT2D eigenvalue weighted by molar-refractivity contribution is 9.10. The molecule has 0 aliphatic heterocycles. The molecule has 19 heavy (non-hydrogen) atoms. The van der Waals surface area contributed by atoms with Crippen LogP contribution in [-0.4, -0.2) is 22.1 Å². The monoisotopic (exact) mass is 321 g/mol. The quantitative estimate of drug-likeness (QED) is 0.785. The molecule has 3 rings (SSSR count). The van der Waals surface area contributed by atoms with Gasteiger partial charge < -0.3 is 9.72 Å². The largest absolute Gasteiger partial charge is 0.494 e. The van der Waals surface area contributed by atoms with Gasteiger partial charge in [0.25, 0.3) is 0 Å². The number of fused-ring (bicyclic) bond motifs is 1. The Morgan fingerprint density at radius 2 is 2.21 bits per heavy atom. The average molecular weight is 322 g/mol. The van der Waals surface area contributed by atoms with Gasteiger partial charge in [0, 0.05) is 12.3 Å². The number of aromatic nitrogens is 3. The maximum Gasteiger partial charge on any atom is 0.148 e. The van der Waals surface area contributed by atoms with E-state index in [4.69, 9.17) is 4.74 Å². The summed E-state index contributed by atoms with van der Waals surface area (Å²) in [4.78, 5) is 11.5. The van der Waals surface area contributed by atoms with Gasteiger partial charge in [0.05, 0.1) is 34.4 Å². The number of methoxy groups -OCH3 is 1. The van der Waals surface area contributed by atoms with E-state index in [0.717, 1.165) is 5.56 Å². The van der Waals surface area contributed by atoms with Crippen molar-refractivity contribution in [2.24, 2.45) is 0 Å². The number of hydrogen-bond acceptors (Lipinski definition) is 3. The molecule has 1 N–H and O–H groups in total. The van der Waals surface area contributed by atoms with Crippen molar-refractivity contribution < 1.29 is 9.13 Å². The minimum atomic E-state index is -0.329. The van der Waals surface area contributed by atoms with E-state index in [2.05, 4.69) is 30.9 Å². The molecule has 96 valence electrons. The molecule has 0 saturated heterocycles. The van der Waals surface area contributed by atoms with Gasteiger partial charge in [0.15, 0.2) is 0 Å². The van der Waals surface area contributed by atoms with Crippen LogP contribution in [0.25, 0.3) is 22.4 Å². The Hall–Kier alpha value is -1.95. The van der Waals surface area contributed by atoms with Crippen molar-refractivity contribution in [1.29, 1.82) is 0 Å². The second-order valence-corrected chi connectivity index (χ2v) is 4.80. The Bertz CT molecular complexity index is 718. The topological polar surface area (TPSA) is 50.8 Å². The number of H-pyrrole nitrogens is 1. The molecule has 0 aliphatic rings. The number of nitrogens with zero attached hydrogens (tertiary/aromatic N) is 2. The summed E-state index contributed by atoms with van der Waals surface area (Å²) in [5.41, 5.74) is 2.10. The van der Waals surface area contributed by atoms with E-state index >= 15 is 0 Å². The molecular formula is C13H9BrFN3O. The average Bonchev–Trinajstić information content (AvgIpc) is 2.82. The normalized spacial score (nSPS) is 10.9. The lowest BCUT2D eigenvalue weighted by atomic mass is 10.2.